The van der Waals surface area contributed by atoms with Crippen LogP contribution in [0.3, 0.4) is 0 Å². The summed E-state index contributed by atoms with van der Waals surface area (Å²) < 4.78 is 2.47. The van der Waals surface area contributed by atoms with Gasteiger partial charge in [0.15, 0.2) is 0 Å². The summed E-state index contributed by atoms with van der Waals surface area (Å²) in [5.74, 6) is 0.398. The predicted octanol–water partition coefficient (Wildman–Crippen LogP) is 1.94. The summed E-state index contributed by atoms with van der Waals surface area (Å²) in [4.78, 5) is 16.4. The van der Waals surface area contributed by atoms with E-state index in [0.717, 1.165) is 10.2 Å². The van der Waals surface area contributed by atoms with Crippen LogP contribution in [0.2, 0.25) is 0 Å². The fraction of sp³-hybridized carbons (Fsp3) is 0.308. The summed E-state index contributed by atoms with van der Waals surface area (Å²) in [6.45, 7) is 3.05. The third-order valence-corrected chi connectivity index (χ3v) is 3.08. The number of halogens is 1. The first-order valence-corrected chi connectivity index (χ1v) is 7.05. The van der Waals surface area contributed by atoms with E-state index in [4.69, 9.17) is 0 Å². The van der Waals surface area contributed by atoms with E-state index >= 15 is 0 Å². The molecular formula is C13H16BrN5O. The van der Waals surface area contributed by atoms with E-state index in [9.17, 15) is 4.79 Å². The van der Waals surface area contributed by atoms with Crippen LogP contribution in [0.15, 0.2) is 29.0 Å². The van der Waals surface area contributed by atoms with E-state index in [2.05, 4.69) is 36.6 Å². The quantitative estimate of drug-likeness (QED) is 0.874. The predicted molar refractivity (Wildman–Crippen MR) is 80.5 cm³/mol. The average Bonchev–Trinajstić information content (AvgIpc) is 2.84. The number of nitrogens with zero attached hydrogens (tertiary/aromatic N) is 3. The van der Waals surface area contributed by atoms with Crippen LogP contribution in [0.25, 0.3) is 0 Å². The number of amides is 1. The number of aromatic nitrogens is 3. The topological polar surface area (TPSA) is 71.8 Å². The Morgan fingerprint density at radius 1 is 1.50 bits per heavy atom. The second-order valence-corrected chi connectivity index (χ2v) is 5.16. The molecule has 0 fully saturated rings. The third kappa shape index (κ3) is 3.57. The molecule has 0 aliphatic rings. The molecule has 106 valence electrons. The molecule has 0 unspecified atom stereocenters. The van der Waals surface area contributed by atoms with E-state index in [-0.39, 0.29) is 5.91 Å². The minimum absolute atomic E-state index is 0.180. The van der Waals surface area contributed by atoms with Gasteiger partial charge in [0.05, 0.1) is 17.8 Å². The molecule has 2 aromatic heterocycles. The minimum Gasteiger partial charge on any atom is -0.370 e. The lowest BCUT2D eigenvalue weighted by Crippen LogP contribution is -2.24. The van der Waals surface area contributed by atoms with Crippen molar-refractivity contribution in [2.45, 2.75) is 13.5 Å². The van der Waals surface area contributed by atoms with Gasteiger partial charge in [0.1, 0.15) is 5.82 Å². The van der Waals surface area contributed by atoms with Gasteiger partial charge in [-0.05, 0) is 35.0 Å². The molecule has 0 saturated carbocycles. The molecule has 0 radical (unpaired) electrons. The van der Waals surface area contributed by atoms with E-state index < -0.39 is 0 Å². The van der Waals surface area contributed by atoms with Crippen LogP contribution in [-0.2, 0) is 13.6 Å². The van der Waals surface area contributed by atoms with Crippen molar-refractivity contribution in [2.75, 3.05) is 11.9 Å². The number of anilines is 1. The number of nitrogens with one attached hydrogen (secondary N) is 2. The molecule has 2 heterocycles. The molecule has 7 heteroatoms. The molecule has 0 atom stereocenters. The lowest BCUT2D eigenvalue weighted by atomic mass is 10.2. The average molecular weight is 338 g/mol. The van der Waals surface area contributed by atoms with Gasteiger partial charge in [-0.3, -0.25) is 9.48 Å². The van der Waals surface area contributed by atoms with Gasteiger partial charge in [-0.2, -0.15) is 5.10 Å². The molecule has 1 amide bonds. The first-order chi connectivity index (χ1) is 9.60. The standard InChI is InChI=1S/C13H16BrN5O/c1-3-15-12-11(6-9(14)7-16-12)13(20)17-8-10-4-5-19(2)18-10/h4-7H,3,8H2,1-2H3,(H,15,16)(H,17,20). The molecule has 2 N–H and O–H groups in total. The van der Waals surface area contributed by atoms with Crippen LogP contribution < -0.4 is 10.6 Å². The van der Waals surface area contributed by atoms with E-state index in [1.807, 2.05) is 26.2 Å². The number of rotatable bonds is 5. The number of pyridine rings is 1. The second-order valence-electron chi connectivity index (χ2n) is 4.24. The number of hydrogen-bond acceptors (Lipinski definition) is 4. The maximum absolute atomic E-state index is 12.2. The van der Waals surface area contributed by atoms with Crippen LogP contribution in [0, 0.1) is 0 Å². The highest BCUT2D eigenvalue weighted by Gasteiger charge is 2.13. The SMILES string of the molecule is CCNc1ncc(Br)cc1C(=O)NCc1ccn(C)n1. The minimum atomic E-state index is -0.180. The maximum atomic E-state index is 12.2. The normalized spacial score (nSPS) is 10.3. The van der Waals surface area contributed by atoms with Crippen LogP contribution in [-0.4, -0.2) is 27.2 Å². The van der Waals surface area contributed by atoms with Crippen molar-refractivity contribution in [1.82, 2.24) is 20.1 Å². The second kappa shape index (κ2) is 6.51. The van der Waals surface area contributed by atoms with E-state index in [0.29, 0.717) is 24.5 Å². The number of carbonyl (C=O) groups is 1. The zero-order chi connectivity index (χ0) is 14.5. The summed E-state index contributed by atoms with van der Waals surface area (Å²) in [5, 5.41) is 10.1. The van der Waals surface area contributed by atoms with Gasteiger partial charge in [0.25, 0.3) is 5.91 Å². The summed E-state index contributed by atoms with van der Waals surface area (Å²) in [7, 11) is 1.84. The van der Waals surface area contributed by atoms with Crippen LogP contribution in [0.4, 0.5) is 5.82 Å². The van der Waals surface area contributed by atoms with Gasteiger partial charge in [0, 0.05) is 30.5 Å². The molecule has 0 saturated heterocycles. The van der Waals surface area contributed by atoms with Gasteiger partial charge < -0.3 is 10.6 Å². The fourth-order valence-corrected chi connectivity index (χ4v) is 2.08. The van der Waals surface area contributed by atoms with Crippen molar-refractivity contribution in [1.29, 1.82) is 0 Å². The summed E-state index contributed by atoms with van der Waals surface area (Å²) in [5.41, 5.74) is 1.32. The first kappa shape index (κ1) is 14.5. The van der Waals surface area contributed by atoms with Crippen molar-refractivity contribution in [2.24, 2.45) is 7.05 Å². The first-order valence-electron chi connectivity index (χ1n) is 6.26. The zero-order valence-corrected chi connectivity index (χ0v) is 12.9. The Morgan fingerprint density at radius 2 is 2.30 bits per heavy atom. The highest BCUT2D eigenvalue weighted by Crippen LogP contribution is 2.18. The van der Waals surface area contributed by atoms with E-state index in [1.165, 1.54) is 0 Å². The largest absolute Gasteiger partial charge is 0.370 e. The molecule has 0 aliphatic heterocycles. The van der Waals surface area contributed by atoms with Crippen molar-refractivity contribution < 1.29 is 4.79 Å². The Labute approximate surface area is 125 Å². The lowest BCUT2D eigenvalue weighted by Gasteiger charge is -2.10. The molecule has 0 spiro atoms. The Bertz CT molecular complexity index is 611. The molecule has 20 heavy (non-hydrogen) atoms. The van der Waals surface area contributed by atoms with Gasteiger partial charge >= 0.3 is 0 Å². The summed E-state index contributed by atoms with van der Waals surface area (Å²) in [6, 6.07) is 3.61. The van der Waals surface area contributed by atoms with Gasteiger partial charge in [0.2, 0.25) is 0 Å². The van der Waals surface area contributed by atoms with Gasteiger partial charge in [-0.15, -0.1) is 0 Å². The van der Waals surface area contributed by atoms with Crippen molar-refractivity contribution in [3.63, 3.8) is 0 Å². The maximum Gasteiger partial charge on any atom is 0.255 e. The van der Waals surface area contributed by atoms with Crippen LogP contribution in [0.1, 0.15) is 23.0 Å². The lowest BCUT2D eigenvalue weighted by molar-refractivity contribution is 0.0951. The molecule has 0 aliphatic carbocycles. The zero-order valence-electron chi connectivity index (χ0n) is 11.4. The van der Waals surface area contributed by atoms with Gasteiger partial charge in [-0.1, -0.05) is 0 Å². The molecular weight excluding hydrogens is 322 g/mol. The Balaban J connectivity index is 2.09. The third-order valence-electron chi connectivity index (χ3n) is 2.64. The molecule has 0 aromatic carbocycles. The highest BCUT2D eigenvalue weighted by atomic mass is 79.9. The fourth-order valence-electron chi connectivity index (χ4n) is 1.74. The Kier molecular flexibility index (Phi) is 4.73. The number of aryl methyl sites for hydroxylation is 1. The summed E-state index contributed by atoms with van der Waals surface area (Å²) in [6.07, 6.45) is 3.50. The monoisotopic (exact) mass is 337 g/mol. The van der Waals surface area contributed by atoms with Crippen LogP contribution in [0.5, 0.6) is 0 Å². The molecule has 2 rings (SSSR count). The summed E-state index contributed by atoms with van der Waals surface area (Å²) >= 11 is 3.33. The molecule has 2 aromatic rings. The molecule has 0 bridgehead atoms. The van der Waals surface area contributed by atoms with Crippen molar-refractivity contribution in [3.05, 3.63) is 40.3 Å². The highest BCUT2D eigenvalue weighted by molar-refractivity contribution is 9.10. The Morgan fingerprint density at radius 3 is 2.95 bits per heavy atom. The smallest absolute Gasteiger partial charge is 0.255 e. The van der Waals surface area contributed by atoms with Crippen molar-refractivity contribution in [3.8, 4) is 0 Å². The number of carbonyl (C=O) groups excluding carboxylic acids is 1. The van der Waals surface area contributed by atoms with Crippen LogP contribution >= 0.6 is 15.9 Å². The van der Waals surface area contributed by atoms with Crippen molar-refractivity contribution >= 4 is 27.7 Å². The molecule has 6 nitrogen and oxygen atoms in total. The van der Waals surface area contributed by atoms with Gasteiger partial charge in [-0.25, -0.2) is 4.98 Å². The van der Waals surface area contributed by atoms with E-state index in [1.54, 1.807) is 16.9 Å². The number of hydrogen-bond donors (Lipinski definition) is 2. The Hall–Kier alpha value is -1.89.